The normalized spacial score (nSPS) is 10.8. The molecule has 3 rings (SSSR count). The van der Waals surface area contributed by atoms with E-state index in [2.05, 4.69) is 40.0 Å². The van der Waals surface area contributed by atoms with Crippen molar-refractivity contribution >= 4 is 26.8 Å². The van der Waals surface area contributed by atoms with Crippen LogP contribution in [0.4, 0.5) is 0 Å². The smallest absolute Gasteiger partial charge is 0.249 e. The van der Waals surface area contributed by atoms with Crippen LogP contribution in [-0.4, -0.2) is 4.98 Å². The third-order valence-electron chi connectivity index (χ3n) is 3.13. The summed E-state index contributed by atoms with van der Waals surface area (Å²) in [6.45, 7) is 2.05. The van der Waals surface area contributed by atoms with Crippen molar-refractivity contribution in [3.8, 4) is 11.1 Å². The van der Waals surface area contributed by atoms with E-state index in [1.807, 2.05) is 30.3 Å². The summed E-state index contributed by atoms with van der Waals surface area (Å²) in [7, 11) is 0. The molecule has 1 heterocycles. The number of benzene rings is 2. The molecule has 1 N–H and O–H groups in total. The summed E-state index contributed by atoms with van der Waals surface area (Å²) in [6.07, 6.45) is 0. The van der Waals surface area contributed by atoms with Gasteiger partial charge in [0.25, 0.3) is 0 Å². The molecule has 0 aliphatic rings. The number of fused-ring (bicyclic) bond motifs is 1. The zero-order valence-electron chi connectivity index (χ0n) is 10.4. The fourth-order valence-electron chi connectivity index (χ4n) is 2.28. The molecule has 0 fully saturated rings. The van der Waals surface area contributed by atoms with Crippen LogP contribution in [0.2, 0.25) is 0 Å². The van der Waals surface area contributed by atoms with Gasteiger partial charge in [0.1, 0.15) is 0 Å². The molecule has 1 aromatic heterocycles. The summed E-state index contributed by atoms with van der Waals surface area (Å²) >= 11 is 3.48. The highest BCUT2D eigenvalue weighted by molar-refractivity contribution is 9.10. The molecular formula is C16H12BrNO. The predicted octanol–water partition coefficient (Wildman–Crippen LogP) is 4.27. The van der Waals surface area contributed by atoms with Crippen molar-refractivity contribution in [1.29, 1.82) is 0 Å². The van der Waals surface area contributed by atoms with Crippen molar-refractivity contribution in [1.82, 2.24) is 4.98 Å². The van der Waals surface area contributed by atoms with Crippen molar-refractivity contribution in [2.45, 2.75) is 6.92 Å². The first-order valence-electron chi connectivity index (χ1n) is 6.03. The van der Waals surface area contributed by atoms with Crippen molar-refractivity contribution in [2.24, 2.45) is 0 Å². The van der Waals surface area contributed by atoms with Crippen LogP contribution in [0.5, 0.6) is 0 Å². The Morgan fingerprint density at radius 3 is 2.68 bits per heavy atom. The van der Waals surface area contributed by atoms with Crippen LogP contribution < -0.4 is 5.56 Å². The average molecular weight is 314 g/mol. The summed E-state index contributed by atoms with van der Waals surface area (Å²) in [6, 6.07) is 15.7. The molecule has 0 radical (unpaired) electrons. The molecule has 2 aromatic carbocycles. The Labute approximate surface area is 119 Å². The fourth-order valence-corrected chi connectivity index (χ4v) is 2.64. The monoisotopic (exact) mass is 313 g/mol. The highest BCUT2D eigenvalue weighted by Crippen LogP contribution is 2.28. The van der Waals surface area contributed by atoms with Crippen molar-refractivity contribution in [2.75, 3.05) is 0 Å². The Hall–Kier alpha value is -1.87. The molecule has 3 aromatic rings. The Kier molecular flexibility index (Phi) is 2.99. The van der Waals surface area contributed by atoms with E-state index in [0.29, 0.717) is 0 Å². The van der Waals surface area contributed by atoms with Crippen LogP contribution in [0.25, 0.3) is 22.0 Å². The second-order valence-corrected chi connectivity index (χ2v) is 5.52. The van der Waals surface area contributed by atoms with Crippen molar-refractivity contribution < 1.29 is 0 Å². The van der Waals surface area contributed by atoms with E-state index >= 15 is 0 Å². The van der Waals surface area contributed by atoms with E-state index in [1.54, 1.807) is 6.07 Å². The van der Waals surface area contributed by atoms with Gasteiger partial charge in [0.2, 0.25) is 5.56 Å². The number of hydrogen-bond acceptors (Lipinski definition) is 1. The average Bonchev–Trinajstić information content (AvgIpc) is 2.38. The topological polar surface area (TPSA) is 32.9 Å². The highest BCUT2D eigenvalue weighted by atomic mass is 79.9. The number of aryl methyl sites for hydroxylation is 1. The highest BCUT2D eigenvalue weighted by Gasteiger charge is 2.06. The molecule has 19 heavy (non-hydrogen) atoms. The first-order chi connectivity index (χ1) is 9.13. The third-order valence-corrected chi connectivity index (χ3v) is 3.63. The van der Waals surface area contributed by atoms with Gasteiger partial charge in [-0.3, -0.25) is 4.79 Å². The van der Waals surface area contributed by atoms with E-state index < -0.39 is 0 Å². The summed E-state index contributed by atoms with van der Waals surface area (Å²) in [5, 5.41) is 1.04. The molecule has 0 aliphatic heterocycles. The molecule has 0 saturated heterocycles. The lowest BCUT2D eigenvalue weighted by Crippen LogP contribution is -2.04. The van der Waals surface area contributed by atoms with Gasteiger partial charge in [0.05, 0.1) is 0 Å². The van der Waals surface area contributed by atoms with Gasteiger partial charge in [-0.1, -0.05) is 45.8 Å². The lowest BCUT2D eigenvalue weighted by atomic mass is 10.00. The number of rotatable bonds is 1. The minimum atomic E-state index is -0.0775. The molecule has 94 valence electrons. The summed E-state index contributed by atoms with van der Waals surface area (Å²) in [5.74, 6) is 0. The second-order valence-electron chi connectivity index (χ2n) is 4.61. The minimum Gasteiger partial charge on any atom is -0.322 e. The van der Waals surface area contributed by atoms with Crippen LogP contribution >= 0.6 is 15.9 Å². The van der Waals surface area contributed by atoms with Crippen LogP contribution in [0.1, 0.15) is 5.56 Å². The molecule has 0 unspecified atom stereocenters. The van der Waals surface area contributed by atoms with Gasteiger partial charge < -0.3 is 4.98 Å². The number of aromatic amines is 1. The summed E-state index contributed by atoms with van der Waals surface area (Å²) in [5.41, 5.74) is 3.98. The molecule has 0 bridgehead atoms. The maximum atomic E-state index is 11.8. The standard InChI is InChI=1S/C16H12BrNO/c1-10-3-2-4-11(7-10)13-9-16(19)18-15-6-5-12(17)8-14(13)15/h2-9H,1H3,(H,18,19). The zero-order chi connectivity index (χ0) is 13.4. The SMILES string of the molecule is Cc1cccc(-c2cc(=O)[nH]c3ccc(Br)cc23)c1. The van der Waals surface area contributed by atoms with E-state index in [0.717, 1.165) is 26.5 Å². The van der Waals surface area contributed by atoms with Gasteiger partial charge in [-0.15, -0.1) is 0 Å². The van der Waals surface area contributed by atoms with E-state index in [9.17, 15) is 4.79 Å². The fraction of sp³-hybridized carbons (Fsp3) is 0.0625. The number of hydrogen-bond donors (Lipinski definition) is 1. The molecule has 0 aliphatic carbocycles. The number of aromatic nitrogens is 1. The van der Waals surface area contributed by atoms with Crippen LogP contribution in [0.15, 0.2) is 57.8 Å². The quantitative estimate of drug-likeness (QED) is 0.715. The summed E-state index contributed by atoms with van der Waals surface area (Å²) < 4.78 is 1.00. The first kappa shape index (κ1) is 12.2. The minimum absolute atomic E-state index is 0.0775. The Balaban J connectivity index is 2.39. The third kappa shape index (κ3) is 2.34. The maximum absolute atomic E-state index is 11.8. The second kappa shape index (κ2) is 4.67. The van der Waals surface area contributed by atoms with Gasteiger partial charge in [-0.25, -0.2) is 0 Å². The largest absolute Gasteiger partial charge is 0.322 e. The van der Waals surface area contributed by atoms with Crippen molar-refractivity contribution in [3.05, 3.63) is 68.9 Å². The Bertz CT molecular complexity index is 820. The van der Waals surface area contributed by atoms with Gasteiger partial charge in [-0.05, 0) is 36.2 Å². The molecule has 0 spiro atoms. The number of halogens is 1. The van der Waals surface area contributed by atoms with Crippen LogP contribution in [0.3, 0.4) is 0 Å². The zero-order valence-corrected chi connectivity index (χ0v) is 12.0. The molecule has 0 saturated carbocycles. The van der Waals surface area contributed by atoms with Gasteiger partial charge in [-0.2, -0.15) is 0 Å². The lowest BCUT2D eigenvalue weighted by molar-refractivity contribution is 1.30. The number of nitrogens with one attached hydrogen (secondary N) is 1. The van der Waals surface area contributed by atoms with Gasteiger partial charge >= 0.3 is 0 Å². The van der Waals surface area contributed by atoms with Crippen LogP contribution in [0, 0.1) is 6.92 Å². The Morgan fingerprint density at radius 2 is 1.89 bits per heavy atom. The molecule has 3 heteroatoms. The summed E-state index contributed by atoms with van der Waals surface area (Å²) in [4.78, 5) is 14.6. The maximum Gasteiger partial charge on any atom is 0.249 e. The molecule has 2 nitrogen and oxygen atoms in total. The van der Waals surface area contributed by atoms with Gasteiger partial charge in [0, 0.05) is 21.4 Å². The van der Waals surface area contributed by atoms with E-state index in [-0.39, 0.29) is 5.56 Å². The van der Waals surface area contributed by atoms with E-state index in [1.165, 1.54) is 5.56 Å². The first-order valence-corrected chi connectivity index (χ1v) is 6.82. The number of H-pyrrole nitrogens is 1. The van der Waals surface area contributed by atoms with Crippen LogP contribution in [-0.2, 0) is 0 Å². The molecular weight excluding hydrogens is 302 g/mol. The van der Waals surface area contributed by atoms with Gasteiger partial charge in [0.15, 0.2) is 0 Å². The van der Waals surface area contributed by atoms with E-state index in [4.69, 9.17) is 0 Å². The lowest BCUT2D eigenvalue weighted by Gasteiger charge is -2.07. The molecule has 0 atom stereocenters. The molecule has 0 amide bonds. The van der Waals surface area contributed by atoms with Crippen molar-refractivity contribution in [3.63, 3.8) is 0 Å². The Morgan fingerprint density at radius 1 is 1.05 bits per heavy atom. The predicted molar refractivity (Wildman–Crippen MR) is 82.4 cm³/mol. The number of pyridine rings is 1.